The van der Waals surface area contributed by atoms with Gasteiger partial charge in [0.25, 0.3) is 0 Å². The van der Waals surface area contributed by atoms with Crippen LogP contribution in [0.25, 0.3) is 0 Å². The third kappa shape index (κ3) is 5.13. The fraction of sp³-hybridized carbons (Fsp3) is 0.524. The van der Waals surface area contributed by atoms with Crippen molar-refractivity contribution in [2.45, 2.75) is 12.7 Å². The summed E-state index contributed by atoms with van der Waals surface area (Å²) in [5.41, 5.74) is 0.202. The van der Waals surface area contributed by atoms with E-state index in [2.05, 4.69) is 31.7 Å². The number of sulfonamides is 1. The zero-order valence-corrected chi connectivity index (χ0v) is 18.9. The smallest absolute Gasteiger partial charge is 0.218 e. The van der Waals surface area contributed by atoms with E-state index in [4.69, 9.17) is 0 Å². The molecular formula is C21H29FN6O2S. The van der Waals surface area contributed by atoms with Gasteiger partial charge in [0.1, 0.15) is 23.3 Å². The predicted octanol–water partition coefficient (Wildman–Crippen LogP) is 1.33. The van der Waals surface area contributed by atoms with Gasteiger partial charge in [-0.1, -0.05) is 18.2 Å². The Morgan fingerprint density at radius 2 is 1.45 bits per heavy atom. The Kier molecular flexibility index (Phi) is 6.40. The van der Waals surface area contributed by atoms with E-state index in [1.165, 1.54) is 16.4 Å². The van der Waals surface area contributed by atoms with Crippen LogP contribution in [0.1, 0.15) is 11.4 Å². The Balaban J connectivity index is 1.42. The molecule has 2 aliphatic heterocycles. The van der Waals surface area contributed by atoms with Gasteiger partial charge in [-0.15, -0.1) is 0 Å². The fourth-order valence-electron chi connectivity index (χ4n) is 3.99. The van der Waals surface area contributed by atoms with Crippen molar-refractivity contribution in [3.8, 4) is 0 Å². The van der Waals surface area contributed by atoms with Gasteiger partial charge in [-0.2, -0.15) is 4.31 Å². The molecule has 0 amide bonds. The molecule has 0 radical (unpaired) electrons. The highest BCUT2D eigenvalue weighted by atomic mass is 32.2. The summed E-state index contributed by atoms with van der Waals surface area (Å²) >= 11 is 0. The summed E-state index contributed by atoms with van der Waals surface area (Å²) in [6.45, 7) is 7.51. The van der Waals surface area contributed by atoms with Crippen molar-refractivity contribution in [1.29, 1.82) is 0 Å². The topological polar surface area (TPSA) is 72.9 Å². The maximum atomic E-state index is 13.9. The number of nitrogens with zero attached hydrogens (tertiary/aromatic N) is 6. The summed E-state index contributed by atoms with van der Waals surface area (Å²) in [7, 11) is -1.46. The van der Waals surface area contributed by atoms with Crippen LogP contribution in [-0.4, -0.2) is 87.0 Å². The summed E-state index contributed by atoms with van der Waals surface area (Å²) in [5, 5.41) is 0. The molecule has 0 unspecified atom stereocenters. The molecule has 0 bridgehead atoms. The van der Waals surface area contributed by atoms with Crippen LogP contribution in [0.15, 0.2) is 30.3 Å². The van der Waals surface area contributed by atoms with Crippen LogP contribution in [-0.2, 0) is 15.8 Å². The third-order valence-electron chi connectivity index (χ3n) is 5.89. The first kappa shape index (κ1) is 21.9. The van der Waals surface area contributed by atoms with Gasteiger partial charge >= 0.3 is 0 Å². The standard InChI is InChI=1S/C21H29FN6O2S/c1-17-23-20(26-9-7-25(2)8-10-26)15-21(24-17)27-11-13-28(14-12-27)31(29,30)16-18-5-3-4-6-19(18)22/h3-6,15H,7-14,16H2,1-2H3. The molecule has 0 saturated carbocycles. The molecule has 1 aromatic carbocycles. The number of benzene rings is 1. The first-order chi connectivity index (χ1) is 14.8. The second kappa shape index (κ2) is 9.05. The normalized spacial score (nSPS) is 19.1. The highest BCUT2D eigenvalue weighted by Gasteiger charge is 2.29. The monoisotopic (exact) mass is 448 g/mol. The average Bonchev–Trinajstić information content (AvgIpc) is 2.75. The molecule has 2 saturated heterocycles. The lowest BCUT2D eigenvalue weighted by Gasteiger charge is -2.36. The van der Waals surface area contributed by atoms with Crippen molar-refractivity contribution in [3.05, 3.63) is 47.5 Å². The molecule has 2 aliphatic rings. The molecule has 3 heterocycles. The number of likely N-dealkylation sites (N-methyl/N-ethyl adjacent to an activating group) is 1. The molecule has 1 aromatic heterocycles. The zero-order chi connectivity index (χ0) is 22.0. The summed E-state index contributed by atoms with van der Waals surface area (Å²) < 4.78 is 41.0. The predicted molar refractivity (Wildman–Crippen MR) is 119 cm³/mol. The summed E-state index contributed by atoms with van der Waals surface area (Å²) in [5.74, 6) is 1.65. The van der Waals surface area contributed by atoms with Crippen molar-refractivity contribution >= 4 is 21.7 Å². The first-order valence-corrected chi connectivity index (χ1v) is 12.2. The lowest BCUT2D eigenvalue weighted by Crippen LogP contribution is -2.49. The number of hydrogen-bond donors (Lipinski definition) is 0. The molecule has 0 aliphatic carbocycles. The zero-order valence-electron chi connectivity index (χ0n) is 18.0. The summed E-state index contributed by atoms with van der Waals surface area (Å²) in [4.78, 5) is 15.9. The van der Waals surface area contributed by atoms with Gasteiger partial charge < -0.3 is 14.7 Å². The van der Waals surface area contributed by atoms with E-state index < -0.39 is 15.8 Å². The number of hydrogen-bond acceptors (Lipinski definition) is 7. The second-order valence-corrected chi connectivity index (χ2v) is 10.1. The van der Waals surface area contributed by atoms with Crippen molar-refractivity contribution < 1.29 is 12.8 Å². The Morgan fingerprint density at radius 1 is 0.903 bits per heavy atom. The van der Waals surface area contributed by atoms with Crippen LogP contribution >= 0.6 is 0 Å². The molecule has 2 aromatic rings. The van der Waals surface area contributed by atoms with Gasteiger partial charge in [0.2, 0.25) is 10.0 Å². The minimum atomic E-state index is -3.58. The van der Waals surface area contributed by atoms with Gasteiger partial charge in [-0.25, -0.2) is 22.8 Å². The van der Waals surface area contributed by atoms with E-state index in [-0.39, 0.29) is 11.3 Å². The number of halogens is 1. The molecule has 0 spiro atoms. The fourth-order valence-corrected chi connectivity index (χ4v) is 5.52. The average molecular weight is 449 g/mol. The minimum Gasteiger partial charge on any atom is -0.354 e. The van der Waals surface area contributed by atoms with Gasteiger partial charge in [0.05, 0.1) is 5.75 Å². The second-order valence-electron chi connectivity index (χ2n) is 8.16. The minimum absolute atomic E-state index is 0.202. The molecule has 0 atom stereocenters. The highest BCUT2D eigenvalue weighted by Crippen LogP contribution is 2.23. The van der Waals surface area contributed by atoms with Crippen LogP contribution in [0, 0.1) is 12.7 Å². The lowest BCUT2D eigenvalue weighted by molar-refractivity contribution is 0.312. The SMILES string of the molecule is Cc1nc(N2CCN(C)CC2)cc(N2CCN(S(=O)(=O)Cc3ccccc3F)CC2)n1. The van der Waals surface area contributed by atoms with Crippen molar-refractivity contribution in [1.82, 2.24) is 19.2 Å². The molecule has 4 rings (SSSR count). The maximum absolute atomic E-state index is 13.9. The quantitative estimate of drug-likeness (QED) is 0.683. The largest absolute Gasteiger partial charge is 0.354 e. The van der Waals surface area contributed by atoms with E-state index >= 15 is 0 Å². The van der Waals surface area contributed by atoms with Crippen LogP contribution in [0.2, 0.25) is 0 Å². The van der Waals surface area contributed by atoms with Crippen LogP contribution in [0.5, 0.6) is 0 Å². The highest BCUT2D eigenvalue weighted by molar-refractivity contribution is 7.88. The molecule has 168 valence electrons. The van der Waals surface area contributed by atoms with Crippen molar-refractivity contribution in [3.63, 3.8) is 0 Å². The number of aromatic nitrogens is 2. The lowest BCUT2D eigenvalue weighted by atomic mass is 10.2. The van der Waals surface area contributed by atoms with Gasteiger partial charge in [0, 0.05) is 64.0 Å². The Morgan fingerprint density at radius 3 is 2.03 bits per heavy atom. The number of piperazine rings is 2. The first-order valence-electron chi connectivity index (χ1n) is 10.6. The Bertz CT molecular complexity index is 1020. The molecule has 31 heavy (non-hydrogen) atoms. The van der Waals surface area contributed by atoms with Crippen molar-refractivity contribution in [2.75, 3.05) is 69.2 Å². The molecular weight excluding hydrogens is 419 g/mol. The van der Waals surface area contributed by atoms with Crippen LogP contribution in [0.3, 0.4) is 0 Å². The summed E-state index contributed by atoms with van der Waals surface area (Å²) in [6.07, 6.45) is 0. The van der Waals surface area contributed by atoms with Crippen LogP contribution < -0.4 is 9.80 Å². The van der Waals surface area contributed by atoms with E-state index in [1.54, 1.807) is 12.1 Å². The number of rotatable bonds is 5. The maximum Gasteiger partial charge on any atom is 0.218 e. The van der Waals surface area contributed by atoms with E-state index in [0.29, 0.717) is 32.0 Å². The molecule has 2 fully saturated rings. The van der Waals surface area contributed by atoms with E-state index in [9.17, 15) is 12.8 Å². The van der Waals surface area contributed by atoms with Gasteiger partial charge in [0.15, 0.2) is 0 Å². The number of anilines is 2. The van der Waals surface area contributed by atoms with E-state index in [1.807, 2.05) is 13.0 Å². The Labute approximate surface area is 183 Å². The Hall–Kier alpha value is -2.30. The van der Waals surface area contributed by atoms with E-state index in [0.717, 1.165) is 37.8 Å². The number of aryl methyl sites for hydroxylation is 1. The van der Waals surface area contributed by atoms with Gasteiger partial charge in [-0.05, 0) is 20.0 Å². The third-order valence-corrected chi connectivity index (χ3v) is 7.72. The molecule has 0 N–H and O–H groups in total. The van der Waals surface area contributed by atoms with Gasteiger partial charge in [-0.3, -0.25) is 0 Å². The summed E-state index contributed by atoms with van der Waals surface area (Å²) in [6, 6.07) is 8.03. The van der Waals surface area contributed by atoms with Crippen molar-refractivity contribution in [2.24, 2.45) is 0 Å². The van der Waals surface area contributed by atoms with Crippen LogP contribution in [0.4, 0.5) is 16.0 Å². The molecule has 10 heteroatoms. The molecule has 8 nitrogen and oxygen atoms in total.